The molecule has 0 unspecified atom stereocenters. The third kappa shape index (κ3) is 3.11. The van der Waals surface area contributed by atoms with Gasteiger partial charge in [0, 0.05) is 0 Å². The molecule has 0 aromatic heterocycles. The van der Waals surface area contributed by atoms with Crippen molar-refractivity contribution >= 4 is 17.5 Å². The lowest BCUT2D eigenvalue weighted by molar-refractivity contribution is -0.253. The van der Waals surface area contributed by atoms with Crippen LogP contribution in [0.4, 0.5) is 32.0 Å². The molecule has 1 aliphatic rings. The summed E-state index contributed by atoms with van der Waals surface area (Å²) in [4.78, 5) is 25.1. The average molecular weight is 389 g/mol. The number of alkyl halides is 6. The predicted molar refractivity (Wildman–Crippen MR) is 80.5 cm³/mol. The maximum Gasteiger partial charge on any atom is 0.404 e. The Labute approximate surface area is 147 Å². The maximum absolute atomic E-state index is 12.9. The smallest absolute Gasteiger partial charge is 0.404 e. The van der Waals surface area contributed by atoms with E-state index in [0.29, 0.717) is 23.1 Å². The van der Waals surface area contributed by atoms with Crippen molar-refractivity contribution in [3.63, 3.8) is 0 Å². The van der Waals surface area contributed by atoms with Gasteiger partial charge in [-0.05, 0) is 29.8 Å². The molecule has 27 heavy (non-hydrogen) atoms. The lowest BCUT2D eigenvalue weighted by Crippen LogP contribution is -2.34. The molecule has 0 saturated carbocycles. The fraction of sp³-hybridized carbons (Fsp3) is 0.176. The van der Waals surface area contributed by atoms with Crippen molar-refractivity contribution in [2.24, 2.45) is 0 Å². The monoisotopic (exact) mass is 389 g/mol. The van der Waals surface area contributed by atoms with Gasteiger partial charge in [-0.2, -0.15) is 26.3 Å². The Morgan fingerprint density at radius 1 is 0.815 bits per heavy atom. The van der Waals surface area contributed by atoms with E-state index in [1.54, 1.807) is 0 Å². The zero-order chi connectivity index (χ0) is 20.1. The van der Waals surface area contributed by atoms with Gasteiger partial charge in [0.25, 0.3) is 11.8 Å². The molecule has 1 heterocycles. The van der Waals surface area contributed by atoms with Crippen LogP contribution in [-0.2, 0) is 0 Å². The normalized spacial score (nSPS) is 14.9. The molecule has 3 rings (SSSR count). The Balaban J connectivity index is 2.13. The summed E-state index contributed by atoms with van der Waals surface area (Å²) < 4.78 is 77.7. The van der Waals surface area contributed by atoms with Crippen molar-refractivity contribution in [1.82, 2.24) is 0 Å². The number of phenolic OH excluding ortho intramolecular Hbond substituents is 1. The highest BCUT2D eigenvalue weighted by Crippen LogP contribution is 2.48. The summed E-state index contributed by atoms with van der Waals surface area (Å²) in [6, 6.07) is 6.82. The van der Waals surface area contributed by atoms with E-state index in [9.17, 15) is 41.0 Å². The van der Waals surface area contributed by atoms with Gasteiger partial charge in [0.2, 0.25) is 0 Å². The molecule has 1 N–H and O–H groups in total. The van der Waals surface area contributed by atoms with Gasteiger partial charge in [0.05, 0.1) is 16.8 Å². The standard InChI is InChI=1S/C17H9F6NO3/c18-16(19,20)13(17(21,22)23)8-5-6-12(25)11(7-8)24-14(26)9-3-1-2-4-10(9)15(24)27/h1-7,13,25H. The number of benzene rings is 2. The number of halogens is 6. The molecule has 10 heteroatoms. The molecule has 0 aliphatic carbocycles. The largest absolute Gasteiger partial charge is 0.506 e. The van der Waals surface area contributed by atoms with Gasteiger partial charge < -0.3 is 5.11 Å². The molecule has 142 valence electrons. The first-order valence-corrected chi connectivity index (χ1v) is 7.37. The van der Waals surface area contributed by atoms with Gasteiger partial charge in [0.15, 0.2) is 5.92 Å². The summed E-state index contributed by atoms with van der Waals surface area (Å²) in [6.45, 7) is 0. The SMILES string of the molecule is O=C1c2ccccc2C(=O)N1c1cc(C(C(F)(F)F)C(F)(F)F)ccc1O. The zero-order valence-corrected chi connectivity index (χ0v) is 13.1. The van der Waals surface area contributed by atoms with Gasteiger partial charge in [0.1, 0.15) is 5.75 Å². The van der Waals surface area contributed by atoms with Crippen LogP contribution in [0.2, 0.25) is 0 Å². The van der Waals surface area contributed by atoms with Crippen LogP contribution in [0.15, 0.2) is 42.5 Å². The van der Waals surface area contributed by atoms with Crippen LogP contribution in [0.3, 0.4) is 0 Å². The summed E-state index contributed by atoms with van der Waals surface area (Å²) in [7, 11) is 0. The number of carbonyl (C=O) groups excluding carboxylic acids is 2. The van der Waals surface area contributed by atoms with Gasteiger partial charge in [-0.25, -0.2) is 4.90 Å². The third-order valence-corrected chi connectivity index (χ3v) is 4.02. The lowest BCUT2D eigenvalue weighted by Gasteiger charge is -2.25. The molecular formula is C17H9F6NO3. The van der Waals surface area contributed by atoms with Crippen LogP contribution < -0.4 is 4.90 Å². The second kappa shape index (κ2) is 6.00. The van der Waals surface area contributed by atoms with E-state index in [4.69, 9.17) is 0 Å². The molecule has 0 atom stereocenters. The van der Waals surface area contributed by atoms with Crippen molar-refractivity contribution in [2.75, 3.05) is 4.90 Å². The molecule has 0 bridgehead atoms. The minimum atomic E-state index is -5.66. The number of anilines is 1. The quantitative estimate of drug-likeness (QED) is 0.612. The number of phenols is 1. The molecule has 0 fully saturated rings. The Morgan fingerprint density at radius 2 is 1.30 bits per heavy atom. The number of nitrogens with zero attached hydrogens (tertiary/aromatic N) is 1. The number of aromatic hydroxyl groups is 1. The Morgan fingerprint density at radius 3 is 1.74 bits per heavy atom. The van der Waals surface area contributed by atoms with E-state index in [0.717, 1.165) is 0 Å². The van der Waals surface area contributed by atoms with Crippen LogP contribution in [-0.4, -0.2) is 29.3 Å². The first kappa shape index (κ1) is 18.7. The maximum atomic E-state index is 12.9. The molecular weight excluding hydrogens is 380 g/mol. The molecule has 2 amide bonds. The number of rotatable bonds is 2. The first-order chi connectivity index (χ1) is 12.4. The molecule has 2 aromatic carbocycles. The van der Waals surface area contributed by atoms with Crippen molar-refractivity contribution in [3.8, 4) is 5.75 Å². The van der Waals surface area contributed by atoms with Crippen LogP contribution in [0.25, 0.3) is 0 Å². The van der Waals surface area contributed by atoms with Crippen molar-refractivity contribution in [2.45, 2.75) is 18.3 Å². The number of amides is 2. The Bertz CT molecular complexity index is 886. The van der Waals surface area contributed by atoms with Crippen LogP contribution in [0.1, 0.15) is 32.2 Å². The summed E-state index contributed by atoms with van der Waals surface area (Å²) in [5.74, 6) is -6.56. The summed E-state index contributed by atoms with van der Waals surface area (Å²) in [6.07, 6.45) is -11.3. The molecule has 0 spiro atoms. The summed E-state index contributed by atoms with van der Waals surface area (Å²) >= 11 is 0. The van der Waals surface area contributed by atoms with E-state index >= 15 is 0 Å². The Hall–Kier alpha value is -3.04. The lowest BCUT2D eigenvalue weighted by atomic mass is 9.96. The highest BCUT2D eigenvalue weighted by atomic mass is 19.4. The van der Waals surface area contributed by atoms with Gasteiger partial charge in [-0.3, -0.25) is 9.59 Å². The number of fused-ring (bicyclic) bond motifs is 1. The molecule has 1 aliphatic heterocycles. The Kier molecular flexibility index (Phi) is 4.16. The number of carbonyl (C=O) groups is 2. The molecule has 4 nitrogen and oxygen atoms in total. The van der Waals surface area contributed by atoms with Crippen molar-refractivity contribution in [1.29, 1.82) is 0 Å². The molecule has 0 radical (unpaired) electrons. The second-order valence-corrected chi connectivity index (χ2v) is 5.76. The van der Waals surface area contributed by atoms with Crippen LogP contribution >= 0.6 is 0 Å². The minimum Gasteiger partial charge on any atom is -0.506 e. The molecule has 2 aromatic rings. The van der Waals surface area contributed by atoms with Gasteiger partial charge in [-0.15, -0.1) is 0 Å². The van der Waals surface area contributed by atoms with E-state index < -0.39 is 47.1 Å². The second-order valence-electron chi connectivity index (χ2n) is 5.76. The van der Waals surface area contributed by atoms with E-state index in [-0.39, 0.29) is 11.1 Å². The number of hydrogen-bond acceptors (Lipinski definition) is 3. The van der Waals surface area contributed by atoms with E-state index in [1.165, 1.54) is 24.3 Å². The van der Waals surface area contributed by atoms with Gasteiger partial charge in [-0.1, -0.05) is 18.2 Å². The van der Waals surface area contributed by atoms with Crippen LogP contribution in [0.5, 0.6) is 5.75 Å². The summed E-state index contributed by atoms with van der Waals surface area (Å²) in [5.41, 5.74) is -2.15. The van der Waals surface area contributed by atoms with E-state index in [2.05, 4.69) is 0 Å². The van der Waals surface area contributed by atoms with Crippen molar-refractivity contribution < 1.29 is 41.0 Å². The highest BCUT2D eigenvalue weighted by molar-refractivity contribution is 6.34. The number of imide groups is 1. The topological polar surface area (TPSA) is 57.6 Å². The zero-order valence-electron chi connectivity index (χ0n) is 13.1. The van der Waals surface area contributed by atoms with Crippen LogP contribution in [0, 0.1) is 0 Å². The van der Waals surface area contributed by atoms with E-state index in [1.807, 2.05) is 0 Å². The average Bonchev–Trinajstić information content (AvgIpc) is 2.79. The fourth-order valence-corrected chi connectivity index (χ4v) is 2.87. The third-order valence-electron chi connectivity index (χ3n) is 4.02. The minimum absolute atomic E-state index is 0.0736. The molecule has 0 saturated heterocycles. The van der Waals surface area contributed by atoms with Crippen molar-refractivity contribution in [3.05, 3.63) is 59.2 Å². The summed E-state index contributed by atoms with van der Waals surface area (Å²) in [5, 5.41) is 9.89. The fourth-order valence-electron chi connectivity index (χ4n) is 2.87. The first-order valence-electron chi connectivity index (χ1n) is 7.37. The highest BCUT2D eigenvalue weighted by Gasteiger charge is 2.57. The van der Waals surface area contributed by atoms with Gasteiger partial charge >= 0.3 is 12.4 Å². The number of hydrogen-bond donors (Lipinski definition) is 1. The predicted octanol–water partition coefficient (Wildman–Crippen LogP) is 4.40.